The van der Waals surface area contributed by atoms with Gasteiger partial charge in [0.25, 0.3) is 0 Å². The van der Waals surface area contributed by atoms with Crippen molar-refractivity contribution < 1.29 is 10.9 Å². The highest BCUT2D eigenvalue weighted by Gasteiger charge is 2.29. The highest BCUT2D eigenvalue weighted by atomic mass is 16.6. The van der Waals surface area contributed by atoms with Crippen LogP contribution in [0.1, 0.15) is 52.7 Å². The first kappa shape index (κ1) is 12.5. The number of amides is 1. The molecule has 1 amide bonds. The van der Waals surface area contributed by atoms with E-state index in [0.29, 0.717) is 6.42 Å². The van der Waals surface area contributed by atoms with Crippen molar-refractivity contribution in [1.29, 1.82) is 0 Å². The number of hydrogen-bond donors (Lipinski definition) is 0. The lowest BCUT2D eigenvalue weighted by atomic mass is 10.1. The molecule has 0 unspecified atom stereocenters. The van der Waals surface area contributed by atoms with Crippen LogP contribution >= 0.6 is 0 Å². The lowest BCUT2D eigenvalue weighted by molar-refractivity contribution is 0.0453. The summed E-state index contributed by atoms with van der Waals surface area (Å²) in [5.41, 5.74) is 1.93. The van der Waals surface area contributed by atoms with E-state index in [2.05, 4.69) is 0 Å². The molecule has 104 valence electrons. The molecule has 3 nitrogen and oxygen atoms in total. The smallest absolute Gasteiger partial charge is 0.410 e. The fraction of sp³-hybridized carbons (Fsp3) is 0.562. The molecule has 0 fully saturated rings. The van der Waals surface area contributed by atoms with E-state index < -0.39 is 12.2 Å². The Balaban J connectivity index is 2.20. The van der Waals surface area contributed by atoms with Gasteiger partial charge in [-0.2, -0.15) is 0 Å². The summed E-state index contributed by atoms with van der Waals surface area (Å²) in [6.45, 7) is 7.84. The van der Waals surface area contributed by atoms with Crippen molar-refractivity contribution in [3.05, 3.63) is 35.4 Å². The molecule has 0 aliphatic heterocycles. The van der Waals surface area contributed by atoms with E-state index >= 15 is 0 Å². The van der Waals surface area contributed by atoms with Gasteiger partial charge in [-0.05, 0) is 51.7 Å². The Morgan fingerprint density at radius 3 is 2.58 bits per heavy atom. The number of rotatable bonds is 3. The molecule has 0 heterocycles. The summed E-state index contributed by atoms with van der Waals surface area (Å²) in [4.78, 5) is 14.1. The van der Waals surface area contributed by atoms with Gasteiger partial charge in [0, 0.05) is 12.1 Å². The molecule has 1 aromatic rings. The first-order valence-electron chi connectivity index (χ1n) is 7.45. The van der Waals surface area contributed by atoms with Crippen molar-refractivity contribution in [3.63, 3.8) is 0 Å². The Hall–Kier alpha value is -1.51. The number of aryl methyl sites for hydroxylation is 1. The molecule has 0 saturated heterocycles. The normalized spacial score (nSPS) is 22.3. The van der Waals surface area contributed by atoms with Crippen LogP contribution in [0.5, 0.6) is 0 Å². The minimum Gasteiger partial charge on any atom is -0.441 e. The van der Waals surface area contributed by atoms with Gasteiger partial charge in [-0.3, -0.25) is 0 Å². The Bertz CT molecular complexity index is 493. The average molecular weight is 262 g/mol. The van der Waals surface area contributed by atoms with Gasteiger partial charge < -0.3 is 9.64 Å². The van der Waals surface area contributed by atoms with Gasteiger partial charge in [-0.1, -0.05) is 24.3 Å². The topological polar surface area (TPSA) is 29.5 Å². The van der Waals surface area contributed by atoms with Gasteiger partial charge in [0.2, 0.25) is 0 Å². The number of fused-ring (bicyclic) bond motifs is 1. The monoisotopic (exact) mass is 262 g/mol. The molecule has 1 aliphatic carbocycles. The maximum atomic E-state index is 12.4. The van der Waals surface area contributed by atoms with Crippen LogP contribution in [0.3, 0.4) is 0 Å². The Kier molecular flexibility index (Phi) is 3.72. The second-order valence-corrected chi connectivity index (χ2v) is 5.54. The van der Waals surface area contributed by atoms with Crippen LogP contribution in [0.15, 0.2) is 24.3 Å². The first-order valence-corrected chi connectivity index (χ1v) is 6.95. The Labute approximate surface area is 117 Å². The molecule has 0 aromatic heterocycles. The molecule has 1 aromatic carbocycles. The zero-order valence-electron chi connectivity index (χ0n) is 13.1. The average Bonchev–Trinajstić information content (AvgIpc) is 2.66. The van der Waals surface area contributed by atoms with Gasteiger partial charge in [-0.25, -0.2) is 4.79 Å². The van der Waals surface area contributed by atoms with Gasteiger partial charge in [0.15, 0.2) is 0 Å². The summed E-state index contributed by atoms with van der Waals surface area (Å²) in [6, 6.07) is 7.86. The second kappa shape index (κ2) is 5.64. The first-order chi connectivity index (χ1) is 9.35. The summed E-state index contributed by atoms with van der Waals surface area (Å²) >= 11 is 0. The van der Waals surface area contributed by atoms with Crippen molar-refractivity contribution in [3.8, 4) is 0 Å². The fourth-order valence-corrected chi connectivity index (χ4v) is 2.68. The van der Waals surface area contributed by atoms with Gasteiger partial charge in [0.1, 0.15) is 6.08 Å². The maximum absolute atomic E-state index is 12.4. The molecule has 1 atom stereocenters. The van der Waals surface area contributed by atoms with Crippen molar-refractivity contribution in [2.75, 3.05) is 0 Å². The number of hydrogen-bond acceptors (Lipinski definition) is 2. The van der Waals surface area contributed by atoms with Gasteiger partial charge in [0.05, 0.1) is 1.37 Å². The molecular weight excluding hydrogens is 238 g/mol. The Morgan fingerprint density at radius 2 is 1.95 bits per heavy atom. The molecule has 19 heavy (non-hydrogen) atoms. The van der Waals surface area contributed by atoms with Crippen LogP contribution in [0.4, 0.5) is 4.79 Å². The van der Waals surface area contributed by atoms with E-state index in [-0.39, 0.29) is 12.1 Å². The number of carbonyl (C=O) groups excluding carboxylic acids is 1. The quantitative estimate of drug-likeness (QED) is 0.826. The third kappa shape index (κ3) is 2.91. The summed E-state index contributed by atoms with van der Waals surface area (Å²) in [6.07, 6.45) is -0.324. The van der Waals surface area contributed by atoms with E-state index in [0.717, 1.165) is 17.5 Å². The standard InChI is InChI=1S/C16H23NO2/c1-11(2)17(12(3)4)16(18)19-15-10-9-13-7-5-6-8-14(13)15/h5-8,11-12,15H,9-10H2,1-4H3/t15-/m0/s1/i15D. The summed E-state index contributed by atoms with van der Waals surface area (Å²) in [7, 11) is 0. The molecule has 0 saturated carbocycles. The number of nitrogens with zero attached hydrogens (tertiary/aromatic N) is 1. The molecule has 0 N–H and O–H groups in total. The van der Waals surface area contributed by atoms with Crippen LogP contribution < -0.4 is 0 Å². The van der Waals surface area contributed by atoms with Crippen molar-refractivity contribution in [2.45, 2.75) is 58.7 Å². The number of carbonyl (C=O) groups is 1. The SMILES string of the molecule is [2H][C@]1(OC(=O)N(C(C)C)C(C)C)CCc2ccccc21. The van der Waals surface area contributed by atoms with E-state index in [9.17, 15) is 4.79 Å². The molecule has 1 aliphatic rings. The summed E-state index contributed by atoms with van der Waals surface area (Å²) in [5.74, 6) is 0. The third-order valence-electron chi connectivity index (χ3n) is 3.47. The molecule has 0 spiro atoms. The predicted molar refractivity (Wildman–Crippen MR) is 76.1 cm³/mol. The van der Waals surface area contributed by atoms with Crippen LogP contribution in [0, 0.1) is 0 Å². The molecule has 0 bridgehead atoms. The van der Waals surface area contributed by atoms with Crippen LogP contribution in [0.25, 0.3) is 0 Å². The van der Waals surface area contributed by atoms with Crippen molar-refractivity contribution >= 4 is 6.09 Å². The highest BCUT2D eigenvalue weighted by Crippen LogP contribution is 2.34. The van der Waals surface area contributed by atoms with Crippen LogP contribution in [-0.4, -0.2) is 23.1 Å². The summed E-state index contributed by atoms with van der Waals surface area (Å²) in [5, 5.41) is 0. The van der Waals surface area contributed by atoms with E-state index in [4.69, 9.17) is 6.11 Å². The molecule has 0 radical (unpaired) electrons. The van der Waals surface area contributed by atoms with Crippen molar-refractivity contribution in [2.24, 2.45) is 0 Å². The van der Waals surface area contributed by atoms with Gasteiger partial charge in [-0.15, -0.1) is 0 Å². The minimum absolute atomic E-state index is 0.0581. The molecule has 2 rings (SSSR count). The van der Waals surface area contributed by atoms with E-state index in [1.165, 1.54) is 0 Å². The lowest BCUT2D eigenvalue weighted by Gasteiger charge is -2.31. The Morgan fingerprint density at radius 1 is 1.32 bits per heavy atom. The highest BCUT2D eigenvalue weighted by molar-refractivity contribution is 5.69. The minimum atomic E-state index is -1.24. The predicted octanol–water partition coefficient (Wildman–Crippen LogP) is 3.93. The van der Waals surface area contributed by atoms with Gasteiger partial charge >= 0.3 is 6.09 Å². The van der Waals surface area contributed by atoms with E-state index in [1.54, 1.807) is 4.90 Å². The summed E-state index contributed by atoms with van der Waals surface area (Å²) < 4.78 is 14.1. The molecule has 3 heteroatoms. The zero-order valence-corrected chi connectivity index (χ0v) is 12.1. The lowest BCUT2D eigenvalue weighted by Crippen LogP contribution is -2.42. The van der Waals surface area contributed by atoms with Crippen LogP contribution in [0.2, 0.25) is 0 Å². The zero-order chi connectivity index (χ0) is 14.9. The fourth-order valence-electron chi connectivity index (χ4n) is 2.68. The number of ether oxygens (including phenoxy) is 1. The largest absolute Gasteiger partial charge is 0.441 e. The maximum Gasteiger partial charge on any atom is 0.410 e. The van der Waals surface area contributed by atoms with E-state index in [1.807, 2.05) is 52.0 Å². The third-order valence-corrected chi connectivity index (χ3v) is 3.47. The molecular formula is C16H23NO2. The van der Waals surface area contributed by atoms with Crippen LogP contribution in [-0.2, 0) is 11.2 Å². The second-order valence-electron chi connectivity index (χ2n) is 5.54. The number of benzene rings is 1. The van der Waals surface area contributed by atoms with Crippen molar-refractivity contribution in [1.82, 2.24) is 4.90 Å².